The Morgan fingerprint density at radius 2 is 1.95 bits per heavy atom. The van der Waals surface area contributed by atoms with Gasteiger partial charge in [-0.25, -0.2) is 4.39 Å². The lowest BCUT2D eigenvalue weighted by Gasteiger charge is -2.43. The molecule has 0 saturated heterocycles. The maximum atomic E-state index is 13.8. The van der Waals surface area contributed by atoms with Crippen LogP contribution in [-0.4, -0.2) is 36.7 Å². The van der Waals surface area contributed by atoms with Crippen LogP contribution < -0.4 is 16.0 Å². The molecule has 4 nitrogen and oxygen atoms in total. The molecule has 0 aliphatic carbocycles. The Kier molecular flexibility index (Phi) is 6.58. The summed E-state index contributed by atoms with van der Waals surface area (Å²) < 4.78 is 18.8. The number of hydrogen-bond acceptors (Lipinski definition) is 4. The van der Waals surface area contributed by atoms with Gasteiger partial charge in [0.15, 0.2) is 11.6 Å². The fourth-order valence-corrected chi connectivity index (χ4v) is 2.84. The van der Waals surface area contributed by atoms with Crippen LogP contribution in [0.4, 0.5) is 4.39 Å². The van der Waals surface area contributed by atoms with Crippen molar-refractivity contribution in [3.8, 4) is 5.75 Å². The van der Waals surface area contributed by atoms with Crippen molar-refractivity contribution in [3.05, 3.63) is 29.6 Å². The van der Waals surface area contributed by atoms with E-state index in [0.717, 1.165) is 18.7 Å². The predicted octanol–water partition coefficient (Wildman–Crippen LogP) is 2.33. The quantitative estimate of drug-likeness (QED) is 0.571. The average Bonchev–Trinajstić information content (AvgIpc) is 2.45. The van der Waals surface area contributed by atoms with Gasteiger partial charge >= 0.3 is 0 Å². The lowest BCUT2D eigenvalue weighted by molar-refractivity contribution is 0.0912. The Hall–Kier alpha value is -1.17. The van der Waals surface area contributed by atoms with E-state index >= 15 is 0 Å². The minimum absolute atomic E-state index is 0.0187. The van der Waals surface area contributed by atoms with Gasteiger partial charge in [0.1, 0.15) is 0 Å². The number of ether oxygens (including phenoxy) is 1. The molecule has 1 unspecified atom stereocenters. The molecule has 0 aliphatic rings. The molecule has 3 N–H and O–H groups in total. The average molecular weight is 297 g/mol. The van der Waals surface area contributed by atoms with Crippen molar-refractivity contribution in [1.82, 2.24) is 10.3 Å². The molecule has 0 bridgehead atoms. The van der Waals surface area contributed by atoms with Crippen LogP contribution in [0.2, 0.25) is 0 Å². The fraction of sp³-hybridized carbons (Fsp3) is 0.625. The van der Waals surface area contributed by atoms with Crippen LogP contribution in [0.3, 0.4) is 0 Å². The Morgan fingerprint density at radius 1 is 1.33 bits per heavy atom. The van der Waals surface area contributed by atoms with Crippen molar-refractivity contribution in [3.63, 3.8) is 0 Å². The smallest absolute Gasteiger partial charge is 0.165 e. The monoisotopic (exact) mass is 297 g/mol. The number of nitrogens with zero attached hydrogens (tertiary/aromatic N) is 1. The molecule has 1 aromatic rings. The van der Waals surface area contributed by atoms with E-state index in [-0.39, 0.29) is 23.1 Å². The van der Waals surface area contributed by atoms with Gasteiger partial charge in [0, 0.05) is 11.6 Å². The van der Waals surface area contributed by atoms with Crippen molar-refractivity contribution in [2.24, 2.45) is 5.84 Å². The summed E-state index contributed by atoms with van der Waals surface area (Å²) >= 11 is 0. The molecular weight excluding hydrogens is 269 g/mol. The van der Waals surface area contributed by atoms with Crippen molar-refractivity contribution >= 4 is 0 Å². The van der Waals surface area contributed by atoms with Crippen LogP contribution in [0.15, 0.2) is 18.2 Å². The normalized spacial score (nSPS) is 13.5. The lowest BCUT2D eigenvalue weighted by atomic mass is 9.87. The van der Waals surface area contributed by atoms with Crippen LogP contribution in [0.1, 0.15) is 33.3 Å². The van der Waals surface area contributed by atoms with Crippen molar-refractivity contribution < 1.29 is 9.13 Å². The maximum Gasteiger partial charge on any atom is 0.165 e. The fourth-order valence-electron chi connectivity index (χ4n) is 2.84. The number of likely N-dealkylation sites (N-methyl/N-ethyl adjacent to an activating group) is 1. The third-order valence-corrected chi connectivity index (χ3v) is 4.29. The summed E-state index contributed by atoms with van der Waals surface area (Å²) in [6.45, 7) is 10.5. The molecule has 120 valence electrons. The van der Waals surface area contributed by atoms with Gasteiger partial charge in [-0.05, 0) is 51.1 Å². The summed E-state index contributed by atoms with van der Waals surface area (Å²) in [4.78, 5) is 2.34. The van der Waals surface area contributed by atoms with Gasteiger partial charge in [-0.3, -0.25) is 16.2 Å². The molecule has 0 aromatic heterocycles. The van der Waals surface area contributed by atoms with E-state index in [1.54, 1.807) is 6.07 Å². The van der Waals surface area contributed by atoms with E-state index in [1.807, 2.05) is 6.07 Å². The van der Waals surface area contributed by atoms with E-state index in [1.165, 1.54) is 13.2 Å². The number of nitrogens with two attached hydrogens (primary N) is 1. The summed E-state index contributed by atoms with van der Waals surface area (Å²) in [5, 5.41) is 0. The van der Waals surface area contributed by atoms with Gasteiger partial charge in [-0.15, -0.1) is 0 Å². The second kappa shape index (κ2) is 7.73. The number of nitrogens with one attached hydrogen (secondary N) is 1. The predicted molar refractivity (Wildman–Crippen MR) is 84.8 cm³/mol. The first-order chi connectivity index (χ1) is 9.90. The third kappa shape index (κ3) is 4.15. The van der Waals surface area contributed by atoms with Crippen molar-refractivity contribution in [2.75, 3.05) is 20.2 Å². The third-order valence-electron chi connectivity index (χ3n) is 4.29. The second-order valence-corrected chi connectivity index (χ2v) is 5.72. The number of hydrazine groups is 1. The Morgan fingerprint density at radius 3 is 2.38 bits per heavy atom. The van der Waals surface area contributed by atoms with Crippen molar-refractivity contribution in [2.45, 2.75) is 45.7 Å². The van der Waals surface area contributed by atoms with E-state index in [9.17, 15) is 4.39 Å². The molecule has 5 heteroatoms. The molecule has 0 saturated carbocycles. The molecule has 0 spiro atoms. The van der Waals surface area contributed by atoms with Gasteiger partial charge in [-0.1, -0.05) is 19.9 Å². The van der Waals surface area contributed by atoms with E-state index < -0.39 is 0 Å². The van der Waals surface area contributed by atoms with Gasteiger partial charge in [0.2, 0.25) is 0 Å². The largest absolute Gasteiger partial charge is 0.494 e. The van der Waals surface area contributed by atoms with E-state index in [4.69, 9.17) is 10.6 Å². The number of rotatable bonds is 8. The van der Waals surface area contributed by atoms with Gasteiger partial charge in [0.05, 0.1) is 7.11 Å². The maximum absolute atomic E-state index is 13.8. The highest BCUT2D eigenvalue weighted by Gasteiger charge is 2.33. The zero-order chi connectivity index (χ0) is 16.0. The summed E-state index contributed by atoms with van der Waals surface area (Å²) in [6.07, 6.45) is 0.654. The van der Waals surface area contributed by atoms with Gasteiger partial charge in [-0.2, -0.15) is 0 Å². The minimum Gasteiger partial charge on any atom is -0.494 e. The standard InChI is InChI=1S/C16H28FN3O/c1-6-20(7-2)16(3,4)15(19-18)11-12-8-9-14(21-5)13(17)10-12/h8-10,15,19H,6-7,11,18H2,1-5H3. The SMILES string of the molecule is CCN(CC)C(C)(C)C(Cc1ccc(OC)c(F)c1)NN. The zero-order valence-electron chi connectivity index (χ0n) is 13.7. The first kappa shape index (κ1) is 17.9. The van der Waals surface area contributed by atoms with Crippen LogP contribution >= 0.6 is 0 Å². The van der Waals surface area contributed by atoms with Crippen LogP contribution in [0.25, 0.3) is 0 Å². The number of hydrogen-bond donors (Lipinski definition) is 2. The summed E-state index contributed by atoms with van der Waals surface area (Å²) in [5.41, 5.74) is 3.66. The molecular formula is C16H28FN3O. The molecule has 1 atom stereocenters. The molecule has 0 heterocycles. The summed E-state index contributed by atoms with van der Waals surface area (Å²) in [7, 11) is 1.46. The molecule has 0 aliphatic heterocycles. The number of benzene rings is 1. The molecule has 1 rings (SSSR count). The topological polar surface area (TPSA) is 50.5 Å². The summed E-state index contributed by atoms with van der Waals surface area (Å²) in [6, 6.07) is 5.07. The van der Waals surface area contributed by atoms with Crippen LogP contribution in [0, 0.1) is 5.82 Å². The van der Waals surface area contributed by atoms with E-state index in [0.29, 0.717) is 6.42 Å². The van der Waals surface area contributed by atoms with Gasteiger partial charge in [0.25, 0.3) is 0 Å². The lowest BCUT2D eigenvalue weighted by Crippen LogP contribution is -2.60. The summed E-state index contributed by atoms with van der Waals surface area (Å²) in [5.74, 6) is 5.67. The van der Waals surface area contributed by atoms with Crippen molar-refractivity contribution in [1.29, 1.82) is 0 Å². The minimum atomic E-state index is -0.341. The second-order valence-electron chi connectivity index (χ2n) is 5.72. The Bertz CT molecular complexity index is 447. The molecule has 1 aromatic carbocycles. The number of halogens is 1. The Labute approximate surface area is 127 Å². The Balaban J connectivity index is 2.94. The highest BCUT2D eigenvalue weighted by molar-refractivity contribution is 5.30. The van der Waals surface area contributed by atoms with E-state index in [2.05, 4.69) is 38.0 Å². The zero-order valence-corrected chi connectivity index (χ0v) is 13.7. The highest BCUT2D eigenvalue weighted by Crippen LogP contribution is 2.24. The van der Waals surface area contributed by atoms with Crippen LogP contribution in [0.5, 0.6) is 5.75 Å². The molecule has 21 heavy (non-hydrogen) atoms. The molecule has 0 amide bonds. The number of methoxy groups -OCH3 is 1. The highest BCUT2D eigenvalue weighted by atomic mass is 19.1. The molecule has 0 radical (unpaired) electrons. The first-order valence-electron chi connectivity index (χ1n) is 7.44. The first-order valence-corrected chi connectivity index (χ1v) is 7.44. The van der Waals surface area contributed by atoms with Gasteiger partial charge < -0.3 is 4.74 Å². The van der Waals surface area contributed by atoms with Crippen LogP contribution in [-0.2, 0) is 6.42 Å². The molecule has 0 fully saturated rings.